The lowest BCUT2D eigenvalue weighted by atomic mass is 9.73. The molecule has 0 spiro atoms. The van der Waals surface area contributed by atoms with Gasteiger partial charge in [0.2, 0.25) is 0 Å². The molecule has 1 saturated heterocycles. The van der Waals surface area contributed by atoms with E-state index < -0.39 is 24.4 Å². The zero-order valence-corrected chi connectivity index (χ0v) is 15.2. The summed E-state index contributed by atoms with van der Waals surface area (Å²) in [6.07, 6.45) is -2.12. The minimum absolute atomic E-state index is 0.0342. The Hall–Kier alpha value is 0.0700. The average molecular weight is 440 g/mol. The first-order valence-electron chi connectivity index (χ1n) is 8.20. The third kappa shape index (κ3) is 3.28. The highest BCUT2D eigenvalue weighted by atomic mass is 127. The summed E-state index contributed by atoms with van der Waals surface area (Å²) in [6.45, 7) is 1.75. The molecule has 0 aromatic rings. The Labute approximate surface area is 149 Å². The smallest absolute Gasteiger partial charge is 0.106 e. The molecule has 2 aliphatic carbocycles. The maximum absolute atomic E-state index is 10.4. The molecule has 0 aromatic heterocycles. The van der Waals surface area contributed by atoms with Crippen molar-refractivity contribution in [2.75, 3.05) is 0 Å². The van der Waals surface area contributed by atoms with Crippen molar-refractivity contribution < 1.29 is 30.3 Å². The molecule has 1 saturated carbocycles. The van der Waals surface area contributed by atoms with Crippen LogP contribution in [0.25, 0.3) is 0 Å². The Balaban J connectivity index is 1.74. The van der Waals surface area contributed by atoms with Crippen molar-refractivity contribution in [3.8, 4) is 0 Å². The zero-order chi connectivity index (χ0) is 16.9. The van der Waals surface area contributed by atoms with Crippen molar-refractivity contribution in [1.29, 1.82) is 0 Å². The molecule has 0 amide bonds. The third-order valence-electron chi connectivity index (χ3n) is 5.70. The second-order valence-electron chi connectivity index (χ2n) is 7.19. The number of ether oxygens (including phenoxy) is 1. The van der Waals surface area contributed by atoms with Crippen LogP contribution in [-0.2, 0) is 4.74 Å². The molecule has 0 aromatic carbocycles. The number of alkyl halides is 1. The molecule has 7 unspecified atom stereocenters. The van der Waals surface area contributed by atoms with Crippen LogP contribution in [-0.4, -0.2) is 66.1 Å². The number of fused-ring (bicyclic) bond motifs is 1. The molecular formula is C16H25IO6. The highest BCUT2D eigenvalue weighted by Crippen LogP contribution is 2.44. The predicted octanol–water partition coefficient (Wildman–Crippen LogP) is 0.653. The Bertz CT molecular complexity index is 471. The van der Waals surface area contributed by atoms with Gasteiger partial charge in [-0.3, -0.25) is 0 Å². The van der Waals surface area contributed by atoms with Crippen LogP contribution in [0.15, 0.2) is 11.3 Å². The first kappa shape index (κ1) is 17.9. The monoisotopic (exact) mass is 440 g/mol. The van der Waals surface area contributed by atoms with Crippen LogP contribution < -0.4 is 0 Å². The van der Waals surface area contributed by atoms with Crippen molar-refractivity contribution in [1.82, 2.24) is 0 Å². The molecule has 0 bridgehead atoms. The molecule has 5 N–H and O–H groups in total. The Morgan fingerprint density at radius 3 is 2.26 bits per heavy atom. The summed E-state index contributed by atoms with van der Waals surface area (Å²) < 4.78 is 6.35. The van der Waals surface area contributed by atoms with E-state index in [1.165, 1.54) is 0 Å². The first-order chi connectivity index (χ1) is 10.8. The maximum Gasteiger partial charge on any atom is 0.106 e. The van der Waals surface area contributed by atoms with Crippen molar-refractivity contribution in [2.45, 2.75) is 73.2 Å². The quantitative estimate of drug-likeness (QED) is 0.303. The fourth-order valence-electron chi connectivity index (χ4n) is 4.24. The number of rotatable bonds is 1. The van der Waals surface area contributed by atoms with Gasteiger partial charge in [-0.25, -0.2) is 0 Å². The van der Waals surface area contributed by atoms with Crippen LogP contribution in [0.4, 0.5) is 0 Å². The van der Waals surface area contributed by atoms with E-state index in [2.05, 4.69) is 22.6 Å². The Morgan fingerprint density at radius 2 is 1.65 bits per heavy atom. The lowest BCUT2D eigenvalue weighted by Gasteiger charge is -2.48. The lowest BCUT2D eigenvalue weighted by molar-refractivity contribution is -0.163. The van der Waals surface area contributed by atoms with E-state index in [4.69, 9.17) is 4.74 Å². The number of hydrogen-bond donors (Lipinski definition) is 5. The van der Waals surface area contributed by atoms with Crippen molar-refractivity contribution in [3.05, 3.63) is 11.3 Å². The van der Waals surface area contributed by atoms with E-state index in [-0.39, 0.29) is 33.7 Å². The topological polar surface area (TPSA) is 110 Å². The molecule has 7 heteroatoms. The van der Waals surface area contributed by atoms with Gasteiger partial charge in [0, 0.05) is 16.3 Å². The molecule has 1 heterocycles. The van der Waals surface area contributed by atoms with Gasteiger partial charge in [-0.1, -0.05) is 22.6 Å². The highest BCUT2D eigenvalue weighted by Gasteiger charge is 2.48. The van der Waals surface area contributed by atoms with Gasteiger partial charge >= 0.3 is 0 Å². The largest absolute Gasteiger partial charge is 0.512 e. The summed E-state index contributed by atoms with van der Waals surface area (Å²) in [7, 11) is 0. The van der Waals surface area contributed by atoms with Gasteiger partial charge in [0.1, 0.15) is 6.10 Å². The molecule has 132 valence electrons. The fraction of sp³-hybridized carbons (Fsp3) is 0.875. The molecule has 0 radical (unpaired) electrons. The number of hydrogen-bond acceptors (Lipinski definition) is 6. The van der Waals surface area contributed by atoms with Crippen LogP contribution in [0.5, 0.6) is 0 Å². The molecule has 1 aliphatic heterocycles. The SMILES string of the molecule is CC1=C(O)CC2OC(C3CC(O)C(O)C(O)C3)C(I)CC2C1O. The molecular weight excluding hydrogens is 415 g/mol. The second-order valence-corrected chi connectivity index (χ2v) is 8.79. The normalized spacial score (nSPS) is 51.5. The minimum Gasteiger partial charge on any atom is -0.512 e. The molecule has 3 aliphatic rings. The molecule has 7 atom stereocenters. The molecule has 23 heavy (non-hydrogen) atoms. The number of halogens is 1. The third-order valence-corrected chi connectivity index (χ3v) is 6.92. The predicted molar refractivity (Wildman–Crippen MR) is 91.3 cm³/mol. The summed E-state index contributed by atoms with van der Waals surface area (Å²) in [5.74, 6) is 0.120. The fourth-order valence-corrected chi connectivity index (χ4v) is 5.58. The van der Waals surface area contributed by atoms with Gasteiger partial charge in [-0.05, 0) is 37.7 Å². The summed E-state index contributed by atoms with van der Waals surface area (Å²) in [6, 6.07) is 0. The van der Waals surface area contributed by atoms with Gasteiger partial charge in [0.15, 0.2) is 0 Å². The number of aliphatic hydroxyl groups excluding tert-OH is 5. The Morgan fingerprint density at radius 1 is 1.04 bits per heavy atom. The van der Waals surface area contributed by atoms with E-state index in [9.17, 15) is 25.5 Å². The molecule has 6 nitrogen and oxygen atoms in total. The number of aliphatic hydroxyl groups is 5. The van der Waals surface area contributed by atoms with Gasteiger partial charge < -0.3 is 30.3 Å². The van der Waals surface area contributed by atoms with Crippen LogP contribution in [0.3, 0.4) is 0 Å². The maximum atomic E-state index is 10.4. The van der Waals surface area contributed by atoms with Crippen molar-refractivity contribution in [3.63, 3.8) is 0 Å². The summed E-state index contributed by atoms with van der Waals surface area (Å²) >= 11 is 2.31. The minimum atomic E-state index is -1.10. The molecule has 2 fully saturated rings. The second kappa shape index (κ2) is 6.76. The summed E-state index contributed by atoms with van der Waals surface area (Å²) in [4.78, 5) is 0. The molecule has 3 rings (SSSR count). The Kier molecular flexibility index (Phi) is 5.26. The first-order valence-corrected chi connectivity index (χ1v) is 9.44. The van der Waals surface area contributed by atoms with Crippen molar-refractivity contribution in [2.24, 2.45) is 11.8 Å². The average Bonchev–Trinajstić information content (AvgIpc) is 2.50. The van der Waals surface area contributed by atoms with Gasteiger partial charge in [-0.2, -0.15) is 0 Å². The van der Waals surface area contributed by atoms with E-state index in [1.807, 2.05) is 0 Å². The summed E-state index contributed by atoms with van der Waals surface area (Å²) in [5, 5.41) is 49.9. The van der Waals surface area contributed by atoms with Crippen LogP contribution >= 0.6 is 22.6 Å². The van der Waals surface area contributed by atoms with E-state index in [0.717, 1.165) is 6.42 Å². The lowest BCUT2D eigenvalue weighted by Crippen LogP contribution is -2.54. The van der Waals surface area contributed by atoms with Crippen LogP contribution in [0.1, 0.15) is 32.6 Å². The van der Waals surface area contributed by atoms with E-state index in [1.54, 1.807) is 6.92 Å². The standard InChI is InChI=1S/C16H25IO6/c1-6-10(18)5-13-8(14(6)21)4-9(17)16(23-13)7-2-11(19)15(22)12(20)3-7/h7-9,11-16,18-22H,2-5H2,1H3. The van der Waals surface area contributed by atoms with Gasteiger partial charge in [-0.15, -0.1) is 0 Å². The summed E-state index contributed by atoms with van der Waals surface area (Å²) in [5.41, 5.74) is 0.628. The van der Waals surface area contributed by atoms with Crippen LogP contribution in [0, 0.1) is 11.8 Å². The van der Waals surface area contributed by atoms with E-state index in [0.29, 0.717) is 24.8 Å². The van der Waals surface area contributed by atoms with Crippen molar-refractivity contribution >= 4 is 22.6 Å². The zero-order valence-electron chi connectivity index (χ0n) is 13.0. The van der Waals surface area contributed by atoms with Gasteiger partial charge in [0.25, 0.3) is 0 Å². The van der Waals surface area contributed by atoms with E-state index >= 15 is 0 Å². The highest BCUT2D eigenvalue weighted by molar-refractivity contribution is 14.1. The van der Waals surface area contributed by atoms with Crippen LogP contribution in [0.2, 0.25) is 0 Å². The van der Waals surface area contributed by atoms with Gasteiger partial charge in [0.05, 0.1) is 36.3 Å².